The minimum absolute atomic E-state index is 0.0321. The van der Waals surface area contributed by atoms with Crippen LogP contribution < -0.4 is 4.90 Å². The Morgan fingerprint density at radius 2 is 1.48 bits per heavy atom. The molecule has 0 saturated heterocycles. The number of imide groups is 1. The van der Waals surface area contributed by atoms with Crippen LogP contribution in [0.1, 0.15) is 47.2 Å². The molecule has 1 heterocycles. The van der Waals surface area contributed by atoms with Gasteiger partial charge in [0.25, 0.3) is 0 Å². The van der Waals surface area contributed by atoms with Crippen molar-refractivity contribution in [3.05, 3.63) is 18.1 Å². The first-order valence-electron chi connectivity index (χ1n) is 7.99. The Kier molecular flexibility index (Phi) is 6.87. The summed E-state index contributed by atoms with van der Waals surface area (Å²) in [5.41, 5.74) is -0.870. The molecular formula is C17H27N3O5. The molecule has 0 bridgehead atoms. The van der Waals surface area contributed by atoms with E-state index in [-0.39, 0.29) is 5.82 Å². The summed E-state index contributed by atoms with van der Waals surface area (Å²) in [5.74, 6) is 0.0321. The van der Waals surface area contributed by atoms with Gasteiger partial charge in [-0.2, -0.15) is 4.90 Å². The highest BCUT2D eigenvalue weighted by molar-refractivity contribution is 6.08. The Balaban J connectivity index is 3.08. The van der Waals surface area contributed by atoms with Gasteiger partial charge >= 0.3 is 12.2 Å². The van der Waals surface area contributed by atoms with Crippen molar-refractivity contribution in [1.82, 2.24) is 9.97 Å². The lowest BCUT2D eigenvalue weighted by atomic mass is 10.2. The molecule has 0 aliphatic heterocycles. The first-order valence-corrected chi connectivity index (χ1v) is 7.99. The van der Waals surface area contributed by atoms with E-state index < -0.39 is 23.4 Å². The van der Waals surface area contributed by atoms with Gasteiger partial charge in [0.05, 0.1) is 24.7 Å². The lowest BCUT2D eigenvalue weighted by molar-refractivity contribution is 0.0429. The lowest BCUT2D eigenvalue weighted by Gasteiger charge is -2.27. The van der Waals surface area contributed by atoms with E-state index in [1.54, 1.807) is 48.7 Å². The summed E-state index contributed by atoms with van der Waals surface area (Å²) in [5, 5.41) is 0. The monoisotopic (exact) mass is 353 g/mol. The van der Waals surface area contributed by atoms with Crippen LogP contribution in [-0.4, -0.2) is 47.1 Å². The third-order valence-corrected chi connectivity index (χ3v) is 2.64. The molecule has 8 heteroatoms. The molecule has 25 heavy (non-hydrogen) atoms. The number of nitrogens with zero attached hydrogens (tertiary/aromatic N) is 3. The number of aromatic nitrogens is 2. The van der Waals surface area contributed by atoms with Crippen LogP contribution in [0.25, 0.3) is 0 Å². The van der Waals surface area contributed by atoms with E-state index in [1.165, 1.54) is 12.4 Å². The van der Waals surface area contributed by atoms with E-state index >= 15 is 0 Å². The van der Waals surface area contributed by atoms with Gasteiger partial charge in [-0.15, -0.1) is 0 Å². The largest absolute Gasteiger partial charge is 0.443 e. The van der Waals surface area contributed by atoms with Crippen molar-refractivity contribution in [2.45, 2.75) is 59.2 Å². The number of amides is 2. The molecule has 1 aromatic rings. The number of rotatable bonds is 4. The Hall–Kier alpha value is -2.22. The molecule has 0 atom stereocenters. The second-order valence-electron chi connectivity index (χ2n) is 7.40. The summed E-state index contributed by atoms with van der Waals surface area (Å²) in [4.78, 5) is 34.0. The summed E-state index contributed by atoms with van der Waals surface area (Å²) in [6, 6.07) is 0. The number of anilines is 1. The van der Waals surface area contributed by atoms with Crippen molar-refractivity contribution in [2.24, 2.45) is 0 Å². The first-order chi connectivity index (χ1) is 11.4. The molecule has 1 aromatic heterocycles. The van der Waals surface area contributed by atoms with Crippen LogP contribution in [0.3, 0.4) is 0 Å². The lowest BCUT2D eigenvalue weighted by Crippen LogP contribution is -2.44. The van der Waals surface area contributed by atoms with Crippen molar-refractivity contribution in [1.29, 1.82) is 0 Å². The van der Waals surface area contributed by atoms with Crippen molar-refractivity contribution in [3.8, 4) is 0 Å². The fourth-order valence-electron chi connectivity index (χ4n) is 1.68. The molecule has 0 spiro atoms. The van der Waals surface area contributed by atoms with E-state index in [0.717, 1.165) is 4.90 Å². The van der Waals surface area contributed by atoms with E-state index in [9.17, 15) is 9.59 Å². The van der Waals surface area contributed by atoms with Gasteiger partial charge in [-0.25, -0.2) is 14.6 Å². The van der Waals surface area contributed by atoms with Gasteiger partial charge in [0.2, 0.25) is 0 Å². The smallest absolute Gasteiger partial charge is 0.425 e. The zero-order valence-electron chi connectivity index (χ0n) is 16.0. The van der Waals surface area contributed by atoms with Crippen LogP contribution in [0.15, 0.2) is 12.4 Å². The molecule has 140 valence electrons. The summed E-state index contributed by atoms with van der Waals surface area (Å²) in [6.45, 7) is 10.7. The Labute approximate surface area is 148 Å². The van der Waals surface area contributed by atoms with Crippen LogP contribution in [0, 0.1) is 0 Å². The zero-order valence-corrected chi connectivity index (χ0v) is 16.0. The first kappa shape index (κ1) is 20.8. The standard InChI is InChI=1S/C17H27N3O5/c1-16(2,3)24-14(21)20(15(22)25-17(4,5)6)13-11-18-12(10-19-13)8-9-23-7/h10-11H,8-9H2,1-7H3. The zero-order chi connectivity index (χ0) is 19.3. The SMILES string of the molecule is COCCc1cnc(N(C(=O)OC(C)(C)C)C(=O)OC(C)(C)C)cn1. The van der Waals surface area contributed by atoms with Crippen LogP contribution in [-0.2, 0) is 20.6 Å². The summed E-state index contributed by atoms with van der Waals surface area (Å²) < 4.78 is 15.6. The summed E-state index contributed by atoms with van der Waals surface area (Å²) in [7, 11) is 1.59. The van der Waals surface area contributed by atoms with E-state index in [2.05, 4.69) is 9.97 Å². The normalized spacial score (nSPS) is 11.8. The molecule has 2 amide bonds. The maximum Gasteiger partial charge on any atom is 0.425 e. The maximum absolute atomic E-state index is 12.5. The van der Waals surface area contributed by atoms with Crippen molar-refractivity contribution >= 4 is 18.0 Å². The van der Waals surface area contributed by atoms with Gasteiger partial charge in [0.15, 0.2) is 5.82 Å². The molecule has 0 N–H and O–H groups in total. The molecule has 0 unspecified atom stereocenters. The molecule has 0 saturated carbocycles. The average molecular weight is 353 g/mol. The van der Waals surface area contributed by atoms with E-state index in [0.29, 0.717) is 18.7 Å². The highest BCUT2D eigenvalue weighted by Gasteiger charge is 2.33. The minimum Gasteiger partial charge on any atom is -0.443 e. The topological polar surface area (TPSA) is 90.8 Å². The molecule has 0 radical (unpaired) electrons. The summed E-state index contributed by atoms with van der Waals surface area (Å²) >= 11 is 0. The van der Waals surface area contributed by atoms with E-state index in [1.807, 2.05) is 0 Å². The Morgan fingerprint density at radius 1 is 0.960 bits per heavy atom. The number of ether oxygens (including phenoxy) is 3. The van der Waals surface area contributed by atoms with Crippen molar-refractivity contribution in [3.63, 3.8) is 0 Å². The van der Waals surface area contributed by atoms with Gasteiger partial charge in [-0.1, -0.05) is 0 Å². The molecule has 8 nitrogen and oxygen atoms in total. The number of carbonyl (C=O) groups excluding carboxylic acids is 2. The van der Waals surface area contributed by atoms with Crippen molar-refractivity contribution < 1.29 is 23.8 Å². The van der Waals surface area contributed by atoms with Gasteiger partial charge in [-0.3, -0.25) is 4.98 Å². The van der Waals surface area contributed by atoms with Gasteiger partial charge in [0, 0.05) is 13.5 Å². The minimum atomic E-state index is -0.874. The van der Waals surface area contributed by atoms with Gasteiger partial charge in [0.1, 0.15) is 11.2 Å². The number of methoxy groups -OCH3 is 1. The van der Waals surface area contributed by atoms with Crippen LogP contribution >= 0.6 is 0 Å². The highest BCUT2D eigenvalue weighted by Crippen LogP contribution is 2.19. The molecule has 0 fully saturated rings. The maximum atomic E-state index is 12.5. The Bertz CT molecular complexity index is 560. The molecule has 0 aliphatic rings. The number of hydrogen-bond donors (Lipinski definition) is 0. The van der Waals surface area contributed by atoms with Gasteiger partial charge in [-0.05, 0) is 41.5 Å². The van der Waals surface area contributed by atoms with Gasteiger partial charge < -0.3 is 14.2 Å². The second-order valence-corrected chi connectivity index (χ2v) is 7.40. The quantitative estimate of drug-likeness (QED) is 0.820. The third-order valence-electron chi connectivity index (χ3n) is 2.64. The van der Waals surface area contributed by atoms with E-state index in [4.69, 9.17) is 14.2 Å². The van der Waals surface area contributed by atoms with Crippen LogP contribution in [0.5, 0.6) is 0 Å². The van der Waals surface area contributed by atoms with Crippen LogP contribution in [0.4, 0.5) is 15.4 Å². The third kappa shape index (κ3) is 7.47. The number of carbonyl (C=O) groups is 2. The number of hydrogen-bond acceptors (Lipinski definition) is 7. The highest BCUT2D eigenvalue weighted by atomic mass is 16.6. The molecular weight excluding hydrogens is 326 g/mol. The fraction of sp³-hybridized carbons (Fsp3) is 0.647. The summed E-state index contributed by atoms with van der Waals surface area (Å²) in [6.07, 6.45) is 1.64. The molecule has 0 aromatic carbocycles. The molecule has 1 rings (SSSR count). The molecule has 0 aliphatic carbocycles. The predicted molar refractivity (Wildman–Crippen MR) is 92.6 cm³/mol. The fourth-order valence-corrected chi connectivity index (χ4v) is 1.68. The Morgan fingerprint density at radius 3 is 1.84 bits per heavy atom. The second kappa shape index (κ2) is 8.24. The predicted octanol–water partition coefficient (Wildman–Crippen LogP) is 3.34. The van der Waals surface area contributed by atoms with Crippen LogP contribution in [0.2, 0.25) is 0 Å². The average Bonchev–Trinajstić information content (AvgIpc) is 2.42. The van der Waals surface area contributed by atoms with Crippen molar-refractivity contribution in [2.75, 3.05) is 18.6 Å².